The highest BCUT2D eigenvalue weighted by atomic mass is 32.2. The zero-order valence-corrected chi connectivity index (χ0v) is 19.3. The number of sulfonamides is 1. The molecular formula is C22H32N4O5S. The van der Waals surface area contributed by atoms with Gasteiger partial charge < -0.3 is 14.4 Å². The van der Waals surface area contributed by atoms with Crippen LogP contribution in [0.1, 0.15) is 32.1 Å². The van der Waals surface area contributed by atoms with Gasteiger partial charge in [-0.05, 0) is 68.7 Å². The second kappa shape index (κ2) is 8.89. The van der Waals surface area contributed by atoms with Crippen LogP contribution >= 0.6 is 0 Å². The third-order valence-electron chi connectivity index (χ3n) is 7.57. The number of anilines is 1. The molecule has 4 fully saturated rings. The van der Waals surface area contributed by atoms with Crippen molar-refractivity contribution in [1.29, 1.82) is 0 Å². The van der Waals surface area contributed by atoms with E-state index in [4.69, 9.17) is 9.47 Å². The Morgan fingerprint density at radius 3 is 2.44 bits per heavy atom. The molecule has 1 amide bonds. The van der Waals surface area contributed by atoms with Crippen LogP contribution in [-0.4, -0.2) is 87.8 Å². The molecule has 4 aliphatic rings. The summed E-state index contributed by atoms with van der Waals surface area (Å²) in [4.78, 5) is 20.1. The molecule has 4 aliphatic heterocycles. The number of nitrogens with zero attached hydrogens (tertiary/aromatic N) is 4. The Kier molecular flexibility index (Phi) is 6.13. The SMILES string of the molecule is O=C1OCCN1c1ccc(S(=O)(=O)N2CCC3(CCN(CC4CCOCC4)CC3)C2)cn1. The maximum Gasteiger partial charge on any atom is 0.415 e. The summed E-state index contributed by atoms with van der Waals surface area (Å²) in [6.45, 7) is 6.90. The smallest absolute Gasteiger partial charge is 0.415 e. The van der Waals surface area contributed by atoms with E-state index in [9.17, 15) is 13.2 Å². The average Bonchev–Trinajstić information content (AvgIpc) is 3.43. The Bertz CT molecular complexity index is 924. The van der Waals surface area contributed by atoms with E-state index >= 15 is 0 Å². The molecule has 0 radical (unpaired) electrons. The second-order valence-corrected chi connectivity index (χ2v) is 11.5. The topological polar surface area (TPSA) is 92.3 Å². The van der Waals surface area contributed by atoms with Gasteiger partial charge in [-0.2, -0.15) is 4.31 Å². The lowest BCUT2D eigenvalue weighted by molar-refractivity contribution is 0.0386. The lowest BCUT2D eigenvalue weighted by Gasteiger charge is -2.41. The van der Waals surface area contributed by atoms with Crippen LogP contribution in [0.4, 0.5) is 10.6 Å². The Morgan fingerprint density at radius 2 is 1.78 bits per heavy atom. The van der Waals surface area contributed by atoms with E-state index < -0.39 is 16.1 Å². The lowest BCUT2D eigenvalue weighted by atomic mass is 9.77. The molecule has 5 heterocycles. The first-order valence-corrected chi connectivity index (χ1v) is 13.1. The van der Waals surface area contributed by atoms with Crippen LogP contribution in [-0.2, 0) is 19.5 Å². The van der Waals surface area contributed by atoms with E-state index in [1.165, 1.54) is 11.1 Å². The number of piperidine rings is 1. The maximum absolute atomic E-state index is 13.2. The lowest BCUT2D eigenvalue weighted by Crippen LogP contribution is -2.44. The van der Waals surface area contributed by atoms with Gasteiger partial charge in [0.15, 0.2) is 0 Å². The summed E-state index contributed by atoms with van der Waals surface area (Å²) in [5.74, 6) is 1.15. The van der Waals surface area contributed by atoms with Crippen molar-refractivity contribution >= 4 is 21.9 Å². The molecule has 4 saturated heterocycles. The minimum Gasteiger partial charge on any atom is -0.447 e. The third-order valence-corrected chi connectivity index (χ3v) is 9.40. The molecule has 1 aromatic rings. The number of carbonyl (C=O) groups excluding carboxylic acids is 1. The van der Waals surface area contributed by atoms with Gasteiger partial charge in [0.25, 0.3) is 0 Å². The zero-order chi connectivity index (χ0) is 22.2. The van der Waals surface area contributed by atoms with Crippen molar-refractivity contribution in [3.8, 4) is 0 Å². The summed E-state index contributed by atoms with van der Waals surface area (Å²) in [5.41, 5.74) is 0.0892. The van der Waals surface area contributed by atoms with Gasteiger partial charge in [0.2, 0.25) is 10.0 Å². The van der Waals surface area contributed by atoms with Gasteiger partial charge >= 0.3 is 6.09 Å². The normalized spacial score (nSPS) is 25.5. The number of ether oxygens (including phenoxy) is 2. The highest BCUT2D eigenvalue weighted by molar-refractivity contribution is 7.89. The highest BCUT2D eigenvalue weighted by Gasteiger charge is 2.44. The number of hydrogen-bond donors (Lipinski definition) is 0. The summed E-state index contributed by atoms with van der Waals surface area (Å²) in [6, 6.07) is 3.13. The molecule has 0 N–H and O–H groups in total. The molecule has 0 saturated carbocycles. The zero-order valence-electron chi connectivity index (χ0n) is 18.4. The molecule has 0 aromatic carbocycles. The third kappa shape index (κ3) is 4.37. The summed E-state index contributed by atoms with van der Waals surface area (Å²) in [7, 11) is -3.60. The van der Waals surface area contributed by atoms with Gasteiger partial charge in [0.05, 0.1) is 6.54 Å². The number of aromatic nitrogens is 1. The molecule has 0 bridgehead atoms. The van der Waals surface area contributed by atoms with Gasteiger partial charge in [-0.1, -0.05) is 0 Å². The first-order chi connectivity index (χ1) is 15.5. The predicted octanol–water partition coefficient (Wildman–Crippen LogP) is 1.94. The van der Waals surface area contributed by atoms with Gasteiger partial charge in [-0.15, -0.1) is 0 Å². The predicted molar refractivity (Wildman–Crippen MR) is 118 cm³/mol. The number of carbonyl (C=O) groups is 1. The quantitative estimate of drug-likeness (QED) is 0.658. The van der Waals surface area contributed by atoms with Crippen molar-refractivity contribution in [1.82, 2.24) is 14.2 Å². The van der Waals surface area contributed by atoms with Gasteiger partial charge in [-0.25, -0.2) is 18.2 Å². The number of rotatable bonds is 5. The van der Waals surface area contributed by atoms with Crippen molar-refractivity contribution < 1.29 is 22.7 Å². The first-order valence-electron chi connectivity index (χ1n) is 11.7. The Morgan fingerprint density at radius 1 is 1.03 bits per heavy atom. The van der Waals surface area contributed by atoms with Crippen molar-refractivity contribution in [2.45, 2.75) is 37.0 Å². The van der Waals surface area contributed by atoms with Crippen LogP contribution in [0.5, 0.6) is 0 Å². The van der Waals surface area contributed by atoms with Crippen LogP contribution in [0.15, 0.2) is 23.2 Å². The highest BCUT2D eigenvalue weighted by Crippen LogP contribution is 2.42. The molecule has 0 unspecified atom stereocenters. The summed E-state index contributed by atoms with van der Waals surface area (Å²) in [5, 5.41) is 0. The molecule has 0 atom stereocenters. The summed E-state index contributed by atoms with van der Waals surface area (Å²) in [6.07, 6.45) is 6.24. The molecule has 1 aromatic heterocycles. The van der Waals surface area contributed by atoms with E-state index in [2.05, 4.69) is 9.88 Å². The minimum atomic E-state index is -3.60. The van der Waals surface area contributed by atoms with Crippen LogP contribution in [0.2, 0.25) is 0 Å². The monoisotopic (exact) mass is 464 g/mol. The van der Waals surface area contributed by atoms with Gasteiger partial charge in [0, 0.05) is 39.0 Å². The van der Waals surface area contributed by atoms with E-state index in [0.717, 1.165) is 70.9 Å². The number of hydrogen-bond acceptors (Lipinski definition) is 7. The first kappa shape index (κ1) is 22.1. The standard InChI is InChI=1S/C22H32N4O5S/c27-21-26(11-14-31-21)20-2-1-19(15-23-20)32(28,29)25-10-7-22(17-25)5-8-24(9-6-22)16-18-3-12-30-13-4-18/h1-2,15,18H,3-14,16-17H2. The van der Waals surface area contributed by atoms with Crippen molar-refractivity contribution in [2.24, 2.45) is 11.3 Å². The number of pyridine rings is 1. The van der Waals surface area contributed by atoms with Crippen LogP contribution in [0.3, 0.4) is 0 Å². The average molecular weight is 465 g/mol. The fourth-order valence-corrected chi connectivity index (χ4v) is 6.95. The van der Waals surface area contributed by atoms with Crippen molar-refractivity contribution in [3.63, 3.8) is 0 Å². The van der Waals surface area contributed by atoms with Crippen LogP contribution < -0.4 is 4.90 Å². The number of cyclic esters (lactones) is 1. The van der Waals surface area contributed by atoms with E-state index in [1.807, 2.05) is 0 Å². The summed E-state index contributed by atoms with van der Waals surface area (Å²) < 4.78 is 38.5. The molecule has 32 heavy (non-hydrogen) atoms. The van der Waals surface area contributed by atoms with E-state index in [0.29, 0.717) is 32.1 Å². The summed E-state index contributed by atoms with van der Waals surface area (Å²) >= 11 is 0. The van der Waals surface area contributed by atoms with Crippen LogP contribution in [0.25, 0.3) is 0 Å². The molecule has 10 heteroatoms. The minimum absolute atomic E-state index is 0.0892. The molecule has 0 aliphatic carbocycles. The Hall–Kier alpha value is -1.75. The fraction of sp³-hybridized carbons (Fsp3) is 0.727. The number of amides is 1. The molecule has 5 rings (SSSR count). The largest absolute Gasteiger partial charge is 0.447 e. The molecular weight excluding hydrogens is 432 g/mol. The van der Waals surface area contributed by atoms with Gasteiger partial charge in [-0.3, -0.25) is 4.90 Å². The number of likely N-dealkylation sites (tertiary alicyclic amines) is 1. The second-order valence-electron chi connectivity index (χ2n) is 9.56. The fourth-order valence-electron chi connectivity index (χ4n) is 5.45. The van der Waals surface area contributed by atoms with Crippen molar-refractivity contribution in [2.75, 3.05) is 64.0 Å². The Labute approximate surface area is 189 Å². The maximum atomic E-state index is 13.2. The van der Waals surface area contributed by atoms with Gasteiger partial charge in [0.1, 0.15) is 17.3 Å². The van der Waals surface area contributed by atoms with Crippen LogP contribution in [0, 0.1) is 11.3 Å². The van der Waals surface area contributed by atoms with Crippen molar-refractivity contribution in [3.05, 3.63) is 18.3 Å². The molecule has 1 spiro atoms. The molecule has 176 valence electrons. The van der Waals surface area contributed by atoms with E-state index in [-0.39, 0.29) is 10.3 Å². The van der Waals surface area contributed by atoms with E-state index in [1.54, 1.807) is 16.4 Å². The Balaban J connectivity index is 1.19. The molecule has 9 nitrogen and oxygen atoms in total.